The van der Waals surface area contributed by atoms with E-state index in [0.717, 1.165) is 57.1 Å². The van der Waals surface area contributed by atoms with Crippen molar-refractivity contribution in [2.75, 3.05) is 5.32 Å². The lowest BCUT2D eigenvalue weighted by Gasteiger charge is -2.40. The lowest BCUT2D eigenvalue weighted by Crippen LogP contribution is -2.58. The standard InChI is InChI=1S/C35H41N3O5/c1-22-12-16-25(17-13-22)38-31(33(40)37-23-8-4-2-5-9-23)35-21-20-28(43-35)29(30(35)34(38)41)32(39)36-24-14-18-27(19-15-24)42-26-10-6-3-7-11-26/h3,6-7,10-11,14-15,18-23,25,28-31H,2,4-5,8-9,12-13,16-17H2,1H3,(H,36,39)(H,37,40)/t22?,25?,28-,29-,30-,31+,35+/m1/s1. The fourth-order valence-electron chi connectivity index (χ4n) is 8.10. The molecule has 1 spiro atoms. The van der Waals surface area contributed by atoms with E-state index >= 15 is 0 Å². The first kappa shape index (κ1) is 28.1. The topological polar surface area (TPSA) is 97.0 Å². The van der Waals surface area contributed by atoms with Crippen LogP contribution in [0.5, 0.6) is 11.5 Å². The van der Waals surface area contributed by atoms with Gasteiger partial charge in [-0.05, 0) is 80.8 Å². The monoisotopic (exact) mass is 583 g/mol. The number of anilines is 1. The van der Waals surface area contributed by atoms with Crippen LogP contribution >= 0.6 is 0 Å². The van der Waals surface area contributed by atoms with Crippen molar-refractivity contribution in [3.63, 3.8) is 0 Å². The maximum atomic E-state index is 14.4. The van der Waals surface area contributed by atoms with Gasteiger partial charge in [0.2, 0.25) is 17.7 Å². The van der Waals surface area contributed by atoms with E-state index in [1.165, 1.54) is 6.42 Å². The minimum atomic E-state index is -1.13. The Labute approximate surface area is 253 Å². The number of carbonyl (C=O) groups is 3. The number of ether oxygens (including phenoxy) is 2. The normalized spacial score (nSPS) is 33.3. The average Bonchev–Trinajstić information content (AvgIpc) is 3.67. The van der Waals surface area contributed by atoms with Crippen molar-refractivity contribution in [3.05, 3.63) is 66.7 Å². The summed E-state index contributed by atoms with van der Waals surface area (Å²) in [5.74, 6) is 0.0236. The largest absolute Gasteiger partial charge is 0.457 e. The van der Waals surface area contributed by atoms with Crippen molar-refractivity contribution in [1.82, 2.24) is 10.2 Å². The number of hydrogen-bond donors (Lipinski definition) is 2. The van der Waals surface area contributed by atoms with Crippen LogP contribution in [0.25, 0.3) is 0 Å². The van der Waals surface area contributed by atoms with Crippen molar-refractivity contribution in [2.24, 2.45) is 17.8 Å². The first-order chi connectivity index (χ1) is 20.9. The van der Waals surface area contributed by atoms with E-state index in [2.05, 4.69) is 17.6 Å². The maximum absolute atomic E-state index is 14.4. The first-order valence-corrected chi connectivity index (χ1v) is 16.1. The van der Waals surface area contributed by atoms with Crippen molar-refractivity contribution in [1.29, 1.82) is 0 Å². The number of hydrogen-bond acceptors (Lipinski definition) is 5. The van der Waals surface area contributed by atoms with Crippen molar-refractivity contribution in [2.45, 2.75) is 94.5 Å². The van der Waals surface area contributed by atoms with Gasteiger partial charge in [0.05, 0.1) is 17.9 Å². The highest BCUT2D eigenvalue weighted by Crippen LogP contribution is 2.56. The molecule has 3 aliphatic heterocycles. The van der Waals surface area contributed by atoms with Gasteiger partial charge in [-0.15, -0.1) is 0 Å². The molecular weight excluding hydrogens is 542 g/mol. The molecule has 8 nitrogen and oxygen atoms in total. The number of nitrogens with zero attached hydrogens (tertiary/aromatic N) is 1. The van der Waals surface area contributed by atoms with E-state index in [0.29, 0.717) is 17.4 Å². The van der Waals surface area contributed by atoms with Crippen molar-refractivity contribution >= 4 is 23.4 Å². The summed E-state index contributed by atoms with van der Waals surface area (Å²) < 4.78 is 12.4. The lowest BCUT2D eigenvalue weighted by molar-refractivity contribution is -0.145. The van der Waals surface area contributed by atoms with Crippen LogP contribution in [0.15, 0.2) is 66.7 Å². The quantitative estimate of drug-likeness (QED) is 0.414. The summed E-state index contributed by atoms with van der Waals surface area (Å²) in [5.41, 5.74) is -0.514. The summed E-state index contributed by atoms with van der Waals surface area (Å²) in [6, 6.07) is 16.0. The molecule has 0 aromatic heterocycles. The number of fused-ring (bicyclic) bond motifs is 1. The molecule has 0 radical (unpaired) electrons. The molecule has 226 valence electrons. The Morgan fingerprint density at radius 1 is 0.884 bits per heavy atom. The van der Waals surface area contributed by atoms with Crippen molar-refractivity contribution < 1.29 is 23.9 Å². The number of para-hydroxylation sites is 1. The predicted octanol–water partition coefficient (Wildman–Crippen LogP) is 5.60. The van der Waals surface area contributed by atoms with Crippen LogP contribution in [-0.4, -0.2) is 52.5 Å². The van der Waals surface area contributed by atoms with Gasteiger partial charge in [-0.1, -0.05) is 56.5 Å². The molecule has 2 aromatic carbocycles. The van der Waals surface area contributed by atoms with E-state index in [1.54, 1.807) is 24.3 Å². The van der Waals surface area contributed by atoms with Crippen LogP contribution < -0.4 is 15.4 Å². The molecule has 8 heteroatoms. The van der Waals surface area contributed by atoms with Crippen LogP contribution in [0.1, 0.15) is 64.7 Å². The van der Waals surface area contributed by atoms with Gasteiger partial charge in [0.15, 0.2) is 0 Å². The molecule has 43 heavy (non-hydrogen) atoms. The Morgan fingerprint density at radius 2 is 1.58 bits per heavy atom. The smallest absolute Gasteiger partial charge is 0.246 e. The van der Waals surface area contributed by atoms with E-state index in [4.69, 9.17) is 9.47 Å². The molecular formula is C35H41N3O5. The van der Waals surface area contributed by atoms with E-state index < -0.39 is 29.6 Å². The van der Waals surface area contributed by atoms with Gasteiger partial charge in [0.25, 0.3) is 0 Å². The Kier molecular flexibility index (Phi) is 7.49. The van der Waals surface area contributed by atoms with Gasteiger partial charge in [-0.2, -0.15) is 0 Å². The van der Waals surface area contributed by atoms with E-state index in [9.17, 15) is 14.4 Å². The first-order valence-electron chi connectivity index (χ1n) is 16.1. The molecule has 2 N–H and O–H groups in total. The fourth-order valence-corrected chi connectivity index (χ4v) is 8.10. The summed E-state index contributed by atoms with van der Waals surface area (Å²) in [7, 11) is 0. The molecule has 7 rings (SSSR count). The maximum Gasteiger partial charge on any atom is 0.246 e. The molecule has 3 heterocycles. The van der Waals surface area contributed by atoms with Crippen LogP contribution in [0.3, 0.4) is 0 Å². The van der Waals surface area contributed by atoms with Gasteiger partial charge in [0.1, 0.15) is 23.1 Å². The second kappa shape index (κ2) is 11.5. The molecule has 0 unspecified atom stereocenters. The minimum absolute atomic E-state index is 0.0253. The highest BCUT2D eigenvalue weighted by Gasteiger charge is 2.73. The SMILES string of the molecule is CC1CCC(N2C(=O)[C@H]3[C@H](C(=O)Nc4ccc(Oc5ccccc5)cc4)[C@H]4C=C[C@@]3(O4)[C@@H]2C(=O)NC2CCCCC2)CC1. The van der Waals surface area contributed by atoms with Crippen LogP contribution in [0.2, 0.25) is 0 Å². The van der Waals surface area contributed by atoms with Crippen molar-refractivity contribution in [3.8, 4) is 11.5 Å². The summed E-state index contributed by atoms with van der Waals surface area (Å²) in [4.78, 5) is 44.2. The molecule has 2 aromatic rings. The van der Waals surface area contributed by atoms with Gasteiger partial charge in [0, 0.05) is 17.8 Å². The van der Waals surface area contributed by atoms with Gasteiger partial charge in [-0.25, -0.2) is 0 Å². The number of benzene rings is 2. The zero-order valence-electron chi connectivity index (χ0n) is 24.7. The summed E-state index contributed by atoms with van der Waals surface area (Å²) in [5, 5.41) is 6.32. The van der Waals surface area contributed by atoms with Crippen LogP contribution in [0, 0.1) is 17.8 Å². The molecule has 5 atom stereocenters. The third-order valence-electron chi connectivity index (χ3n) is 10.3. The molecule has 2 aliphatic carbocycles. The summed E-state index contributed by atoms with van der Waals surface area (Å²) in [6.45, 7) is 2.25. The highest BCUT2D eigenvalue weighted by atomic mass is 16.5. The number of likely N-dealkylation sites (tertiary alicyclic amines) is 1. The van der Waals surface area contributed by atoms with E-state index in [1.807, 2.05) is 47.4 Å². The molecule has 2 bridgehead atoms. The zero-order valence-corrected chi connectivity index (χ0v) is 24.7. The van der Waals surface area contributed by atoms with Gasteiger partial charge in [-0.3, -0.25) is 14.4 Å². The summed E-state index contributed by atoms with van der Waals surface area (Å²) >= 11 is 0. The number of carbonyl (C=O) groups excluding carboxylic acids is 3. The Bertz CT molecular complexity index is 1380. The summed E-state index contributed by atoms with van der Waals surface area (Å²) in [6.07, 6.45) is 12.4. The third kappa shape index (κ3) is 5.13. The Morgan fingerprint density at radius 3 is 2.30 bits per heavy atom. The average molecular weight is 584 g/mol. The number of rotatable bonds is 7. The highest BCUT2D eigenvalue weighted by molar-refractivity contribution is 6.03. The zero-order chi connectivity index (χ0) is 29.6. The Hall–Kier alpha value is -3.65. The van der Waals surface area contributed by atoms with Gasteiger partial charge < -0.3 is 25.0 Å². The molecule has 2 saturated carbocycles. The molecule has 2 saturated heterocycles. The van der Waals surface area contributed by atoms with E-state index in [-0.39, 0.29) is 29.8 Å². The van der Waals surface area contributed by atoms with Crippen LogP contribution in [-0.2, 0) is 19.1 Å². The molecule has 5 aliphatic rings. The predicted molar refractivity (Wildman–Crippen MR) is 162 cm³/mol. The number of nitrogens with one attached hydrogen (secondary N) is 2. The van der Waals surface area contributed by atoms with Crippen LogP contribution in [0.4, 0.5) is 5.69 Å². The second-order valence-electron chi connectivity index (χ2n) is 13.1. The molecule has 4 fully saturated rings. The lowest BCUT2D eigenvalue weighted by atomic mass is 9.74. The number of amides is 3. The fraction of sp³-hybridized carbons (Fsp3) is 0.514. The molecule has 3 amide bonds. The third-order valence-corrected chi connectivity index (χ3v) is 10.3. The Balaban J connectivity index is 1.12. The minimum Gasteiger partial charge on any atom is -0.457 e. The van der Waals surface area contributed by atoms with Gasteiger partial charge >= 0.3 is 0 Å². The second-order valence-corrected chi connectivity index (χ2v) is 13.1.